The topological polar surface area (TPSA) is 55.9 Å². The molecule has 0 aromatic rings. The van der Waals surface area contributed by atoms with Crippen LogP contribution in [0.4, 0.5) is 0 Å². The molecule has 0 spiro atoms. The minimum absolute atomic E-state index is 0. The fourth-order valence-electron chi connectivity index (χ4n) is 3.11. The lowest BCUT2D eigenvalue weighted by Gasteiger charge is -2.36. The monoisotopic (exact) mass is 368 g/mol. The van der Waals surface area contributed by atoms with E-state index < -0.39 is 0 Å². The second kappa shape index (κ2) is 11.1. The maximum absolute atomic E-state index is 12.2. The van der Waals surface area contributed by atoms with Crippen LogP contribution < -0.4 is 5.32 Å². The fourth-order valence-corrected chi connectivity index (χ4v) is 3.11. The third-order valence-electron chi connectivity index (χ3n) is 4.43. The third-order valence-corrected chi connectivity index (χ3v) is 4.43. The molecule has 1 unspecified atom stereocenters. The SMILES string of the molecule is CNCC(C)C(=O)N1CCN(C(=O)CN2CCCC2)CC1.Cl.Cl. The van der Waals surface area contributed by atoms with Crippen LogP contribution in [-0.4, -0.2) is 85.9 Å². The Bertz CT molecular complexity index is 370. The van der Waals surface area contributed by atoms with Gasteiger partial charge in [0.15, 0.2) is 0 Å². The Morgan fingerprint density at radius 3 is 2.00 bits per heavy atom. The molecule has 0 radical (unpaired) electrons. The lowest BCUT2D eigenvalue weighted by Crippen LogP contribution is -2.53. The Labute approximate surface area is 151 Å². The molecule has 1 N–H and O–H groups in total. The highest BCUT2D eigenvalue weighted by molar-refractivity contribution is 5.85. The van der Waals surface area contributed by atoms with Crippen molar-refractivity contribution >= 4 is 36.6 Å². The van der Waals surface area contributed by atoms with Gasteiger partial charge in [0.05, 0.1) is 6.54 Å². The van der Waals surface area contributed by atoms with Crippen LogP contribution >= 0.6 is 24.8 Å². The molecule has 0 saturated carbocycles. The fraction of sp³-hybridized carbons (Fsp3) is 0.867. The molecule has 8 heteroatoms. The Kier molecular flexibility index (Phi) is 10.8. The number of piperazine rings is 1. The standard InChI is InChI=1S/C15H28N4O2.2ClH/c1-13(11-16-2)15(21)19-9-7-18(8-10-19)14(20)12-17-5-3-4-6-17;;/h13,16H,3-12H2,1-2H3;2*1H. The third kappa shape index (κ3) is 6.45. The Morgan fingerprint density at radius 1 is 0.957 bits per heavy atom. The van der Waals surface area contributed by atoms with Crippen LogP contribution in [0.1, 0.15) is 19.8 Å². The molecular formula is C15H30Cl2N4O2. The molecule has 2 fully saturated rings. The average Bonchev–Trinajstić information content (AvgIpc) is 3.00. The first-order valence-corrected chi connectivity index (χ1v) is 8.05. The molecule has 136 valence electrons. The van der Waals surface area contributed by atoms with Gasteiger partial charge in [-0.25, -0.2) is 0 Å². The van der Waals surface area contributed by atoms with E-state index in [4.69, 9.17) is 0 Å². The normalized spacial score (nSPS) is 19.7. The van der Waals surface area contributed by atoms with Crippen LogP contribution in [0.15, 0.2) is 0 Å². The highest BCUT2D eigenvalue weighted by atomic mass is 35.5. The van der Waals surface area contributed by atoms with E-state index in [1.807, 2.05) is 23.8 Å². The largest absolute Gasteiger partial charge is 0.339 e. The lowest BCUT2D eigenvalue weighted by molar-refractivity contribution is -0.142. The van der Waals surface area contributed by atoms with Crippen molar-refractivity contribution in [2.24, 2.45) is 5.92 Å². The minimum Gasteiger partial charge on any atom is -0.339 e. The van der Waals surface area contributed by atoms with E-state index in [0.29, 0.717) is 39.3 Å². The van der Waals surface area contributed by atoms with Gasteiger partial charge in [0.1, 0.15) is 0 Å². The number of hydrogen-bond acceptors (Lipinski definition) is 4. The van der Waals surface area contributed by atoms with Crippen LogP contribution in [-0.2, 0) is 9.59 Å². The number of nitrogens with zero attached hydrogens (tertiary/aromatic N) is 3. The van der Waals surface area contributed by atoms with Crippen LogP contribution in [0.3, 0.4) is 0 Å². The summed E-state index contributed by atoms with van der Waals surface area (Å²) in [6, 6.07) is 0. The zero-order chi connectivity index (χ0) is 15.2. The summed E-state index contributed by atoms with van der Waals surface area (Å²) in [5.74, 6) is 0.408. The summed E-state index contributed by atoms with van der Waals surface area (Å²) in [7, 11) is 1.86. The summed E-state index contributed by atoms with van der Waals surface area (Å²) in [5.41, 5.74) is 0. The maximum atomic E-state index is 12.2. The van der Waals surface area contributed by atoms with E-state index in [0.717, 1.165) is 13.1 Å². The summed E-state index contributed by atoms with van der Waals surface area (Å²) in [5, 5.41) is 3.04. The first kappa shape index (κ1) is 22.4. The van der Waals surface area contributed by atoms with Crippen molar-refractivity contribution < 1.29 is 9.59 Å². The van der Waals surface area contributed by atoms with Crippen molar-refractivity contribution in [1.82, 2.24) is 20.0 Å². The molecule has 6 nitrogen and oxygen atoms in total. The van der Waals surface area contributed by atoms with E-state index in [2.05, 4.69) is 10.2 Å². The van der Waals surface area contributed by atoms with Gasteiger partial charge >= 0.3 is 0 Å². The molecule has 0 aromatic heterocycles. The summed E-state index contributed by atoms with van der Waals surface area (Å²) >= 11 is 0. The Morgan fingerprint density at radius 2 is 1.48 bits per heavy atom. The zero-order valence-corrected chi connectivity index (χ0v) is 15.8. The maximum Gasteiger partial charge on any atom is 0.236 e. The number of rotatable bonds is 5. The highest BCUT2D eigenvalue weighted by Gasteiger charge is 2.27. The van der Waals surface area contributed by atoms with Crippen molar-refractivity contribution in [3.05, 3.63) is 0 Å². The van der Waals surface area contributed by atoms with Gasteiger partial charge in [-0.2, -0.15) is 0 Å². The van der Waals surface area contributed by atoms with Crippen molar-refractivity contribution in [1.29, 1.82) is 0 Å². The molecule has 0 aliphatic carbocycles. The number of nitrogens with one attached hydrogen (secondary N) is 1. The van der Waals surface area contributed by atoms with Crippen molar-refractivity contribution in [3.8, 4) is 0 Å². The van der Waals surface area contributed by atoms with E-state index >= 15 is 0 Å². The predicted molar refractivity (Wildman–Crippen MR) is 96.4 cm³/mol. The summed E-state index contributed by atoms with van der Waals surface area (Å²) in [6.07, 6.45) is 2.41. The van der Waals surface area contributed by atoms with Crippen LogP contribution in [0.2, 0.25) is 0 Å². The smallest absolute Gasteiger partial charge is 0.236 e. The number of halogens is 2. The van der Waals surface area contributed by atoms with Crippen molar-refractivity contribution in [3.63, 3.8) is 0 Å². The van der Waals surface area contributed by atoms with Crippen molar-refractivity contribution in [2.75, 3.05) is 59.4 Å². The molecule has 0 bridgehead atoms. The Balaban J connectivity index is 0.00000242. The first-order chi connectivity index (χ1) is 10.1. The number of carbonyl (C=O) groups excluding carboxylic acids is 2. The number of hydrogen-bond donors (Lipinski definition) is 1. The highest BCUT2D eigenvalue weighted by Crippen LogP contribution is 2.10. The molecule has 2 aliphatic heterocycles. The first-order valence-electron chi connectivity index (χ1n) is 8.05. The molecular weight excluding hydrogens is 339 g/mol. The van der Waals surface area contributed by atoms with E-state index in [9.17, 15) is 9.59 Å². The van der Waals surface area contributed by atoms with E-state index in [1.165, 1.54) is 12.8 Å². The molecule has 2 aliphatic rings. The van der Waals surface area contributed by atoms with Gasteiger partial charge in [0, 0.05) is 38.6 Å². The minimum atomic E-state index is 0. The Hall–Kier alpha value is -0.560. The molecule has 1 atom stereocenters. The van der Waals surface area contributed by atoms with Crippen molar-refractivity contribution in [2.45, 2.75) is 19.8 Å². The summed E-state index contributed by atoms with van der Waals surface area (Å²) in [4.78, 5) is 30.5. The molecule has 23 heavy (non-hydrogen) atoms. The van der Waals surface area contributed by atoms with Crippen LogP contribution in [0.5, 0.6) is 0 Å². The van der Waals surface area contributed by atoms with Gasteiger partial charge in [0.2, 0.25) is 11.8 Å². The van der Waals surface area contributed by atoms with Crippen LogP contribution in [0.25, 0.3) is 0 Å². The molecule has 2 heterocycles. The zero-order valence-electron chi connectivity index (χ0n) is 14.1. The van der Waals surface area contributed by atoms with Gasteiger partial charge in [-0.3, -0.25) is 14.5 Å². The summed E-state index contributed by atoms with van der Waals surface area (Å²) in [6.45, 7) is 7.96. The summed E-state index contributed by atoms with van der Waals surface area (Å²) < 4.78 is 0. The molecule has 2 saturated heterocycles. The van der Waals surface area contributed by atoms with Gasteiger partial charge in [-0.05, 0) is 33.0 Å². The number of carbonyl (C=O) groups is 2. The van der Waals surface area contributed by atoms with Gasteiger partial charge < -0.3 is 15.1 Å². The predicted octanol–water partition coefficient (Wildman–Crippen LogP) is 0.452. The van der Waals surface area contributed by atoms with E-state index in [-0.39, 0.29) is 42.5 Å². The number of amides is 2. The van der Waals surface area contributed by atoms with E-state index in [1.54, 1.807) is 0 Å². The van der Waals surface area contributed by atoms with Gasteiger partial charge in [0.25, 0.3) is 0 Å². The second-order valence-electron chi connectivity index (χ2n) is 6.15. The number of likely N-dealkylation sites (tertiary alicyclic amines) is 1. The second-order valence-corrected chi connectivity index (χ2v) is 6.15. The lowest BCUT2D eigenvalue weighted by atomic mass is 10.1. The van der Waals surface area contributed by atoms with Gasteiger partial charge in [-0.15, -0.1) is 24.8 Å². The quantitative estimate of drug-likeness (QED) is 0.765. The molecule has 2 amide bonds. The average molecular weight is 369 g/mol. The molecule has 0 aromatic carbocycles. The molecule has 2 rings (SSSR count). The van der Waals surface area contributed by atoms with Crippen LogP contribution in [0, 0.1) is 5.92 Å². The van der Waals surface area contributed by atoms with Gasteiger partial charge in [-0.1, -0.05) is 6.92 Å².